The largest absolute Gasteiger partial charge is 0.492 e. The minimum absolute atomic E-state index is 0.150. The number of hydrazine groups is 1. The highest BCUT2D eigenvalue weighted by atomic mass is 79.9. The highest BCUT2D eigenvalue weighted by Gasteiger charge is 2.40. The van der Waals surface area contributed by atoms with Crippen LogP contribution >= 0.6 is 32.3 Å². The number of hydrogen-bond acceptors (Lipinski definition) is 7. The lowest BCUT2D eigenvalue weighted by Gasteiger charge is -2.34. The van der Waals surface area contributed by atoms with Crippen molar-refractivity contribution in [3.8, 4) is 0 Å². The standard InChI is InChI=1S/C20H14Br2N2O5S/c21-23-19(25)17(14-8-2-1-3-9-14)18(20(24(23)22)30(27,28)29-26)16-12-6-10-13-7-4-5-11-15(13)16/h1-12,25-26H. The number of fused-ring (bicyclic) bond motifs is 1. The van der Waals surface area contributed by atoms with Crippen LogP contribution in [-0.4, -0.2) is 26.9 Å². The molecule has 1 aliphatic heterocycles. The molecular formula is C20H14Br2N2O5S. The molecule has 10 heteroatoms. The lowest BCUT2D eigenvalue weighted by atomic mass is 9.89. The Balaban J connectivity index is 2.19. The number of allylic oxidation sites excluding steroid dienone is 2. The van der Waals surface area contributed by atoms with Crippen molar-refractivity contribution < 1.29 is 23.1 Å². The molecule has 4 rings (SSSR count). The van der Waals surface area contributed by atoms with Gasteiger partial charge in [0, 0.05) is 5.57 Å². The second kappa shape index (κ2) is 8.05. The molecule has 3 aromatic rings. The Kier molecular flexibility index (Phi) is 5.60. The van der Waals surface area contributed by atoms with Gasteiger partial charge in [0.05, 0.1) is 37.9 Å². The Hall–Kier alpha value is -2.37. The van der Waals surface area contributed by atoms with Gasteiger partial charge in [0.2, 0.25) is 10.9 Å². The second-order valence-corrected chi connectivity index (χ2v) is 9.11. The molecule has 1 aliphatic rings. The summed E-state index contributed by atoms with van der Waals surface area (Å²) in [6.45, 7) is 0. The molecule has 0 saturated heterocycles. The quantitative estimate of drug-likeness (QED) is 0.254. The van der Waals surface area contributed by atoms with Crippen molar-refractivity contribution in [2.45, 2.75) is 0 Å². The molecule has 0 atom stereocenters. The zero-order valence-corrected chi connectivity index (χ0v) is 19.1. The fraction of sp³-hybridized carbons (Fsp3) is 0. The molecule has 2 N–H and O–H groups in total. The fourth-order valence-electron chi connectivity index (χ4n) is 3.39. The van der Waals surface area contributed by atoms with Gasteiger partial charge >= 0.3 is 10.1 Å². The Bertz CT molecular complexity index is 1290. The van der Waals surface area contributed by atoms with Crippen molar-refractivity contribution in [3.63, 3.8) is 0 Å². The van der Waals surface area contributed by atoms with Gasteiger partial charge in [0.25, 0.3) is 0 Å². The summed E-state index contributed by atoms with van der Waals surface area (Å²) in [5.74, 6) is -0.266. The molecule has 0 aliphatic carbocycles. The topological polar surface area (TPSA) is 90.3 Å². The third kappa shape index (κ3) is 3.40. The minimum atomic E-state index is -4.64. The zero-order valence-electron chi connectivity index (χ0n) is 15.1. The van der Waals surface area contributed by atoms with E-state index in [0.29, 0.717) is 11.1 Å². The average Bonchev–Trinajstić information content (AvgIpc) is 2.77. The molecule has 0 amide bonds. The van der Waals surface area contributed by atoms with E-state index in [1.54, 1.807) is 36.4 Å². The van der Waals surface area contributed by atoms with Crippen LogP contribution in [0.4, 0.5) is 0 Å². The molecule has 154 valence electrons. The number of nitrogens with zero attached hydrogens (tertiary/aromatic N) is 2. The Morgan fingerprint density at radius 1 is 0.800 bits per heavy atom. The number of halogens is 2. The summed E-state index contributed by atoms with van der Waals surface area (Å²) in [4.78, 5) is 0. The second-order valence-electron chi connectivity index (χ2n) is 6.32. The molecule has 0 unspecified atom stereocenters. The van der Waals surface area contributed by atoms with E-state index in [1.807, 2.05) is 36.4 Å². The molecule has 0 fully saturated rings. The summed E-state index contributed by atoms with van der Waals surface area (Å²) in [5, 5.41) is 21.4. The first-order valence-electron chi connectivity index (χ1n) is 8.58. The Morgan fingerprint density at radius 2 is 1.43 bits per heavy atom. The smallest absolute Gasteiger partial charge is 0.341 e. The summed E-state index contributed by atoms with van der Waals surface area (Å²) < 4.78 is 31.4. The van der Waals surface area contributed by atoms with E-state index in [2.05, 4.69) is 36.6 Å². The molecule has 0 radical (unpaired) electrons. The third-order valence-corrected chi connectivity index (χ3v) is 7.67. The lowest BCUT2D eigenvalue weighted by molar-refractivity contribution is -0.130. The van der Waals surface area contributed by atoms with Gasteiger partial charge in [-0.15, -0.1) is 4.33 Å². The average molecular weight is 554 g/mol. The van der Waals surface area contributed by atoms with E-state index in [9.17, 15) is 13.5 Å². The van der Waals surface area contributed by atoms with Gasteiger partial charge in [-0.05, 0) is 21.9 Å². The van der Waals surface area contributed by atoms with E-state index < -0.39 is 15.1 Å². The summed E-state index contributed by atoms with van der Waals surface area (Å²) in [6, 6.07) is 21.7. The predicted octanol–water partition coefficient (Wildman–Crippen LogP) is 5.41. The zero-order chi connectivity index (χ0) is 21.5. The van der Waals surface area contributed by atoms with Gasteiger partial charge in [-0.25, -0.2) is 5.26 Å². The lowest BCUT2D eigenvalue weighted by Crippen LogP contribution is -2.35. The van der Waals surface area contributed by atoms with Gasteiger partial charge in [-0.2, -0.15) is 16.5 Å². The van der Waals surface area contributed by atoms with E-state index in [-0.39, 0.29) is 17.0 Å². The molecule has 0 saturated carbocycles. The van der Waals surface area contributed by atoms with Crippen LogP contribution in [0.2, 0.25) is 0 Å². The third-order valence-electron chi connectivity index (χ3n) is 4.64. The maximum absolute atomic E-state index is 12.8. The van der Waals surface area contributed by atoms with Crippen LogP contribution in [0.3, 0.4) is 0 Å². The number of hydrogen-bond donors (Lipinski definition) is 2. The van der Waals surface area contributed by atoms with E-state index in [1.165, 1.54) is 0 Å². The predicted molar refractivity (Wildman–Crippen MR) is 121 cm³/mol. The SMILES string of the molecule is O=S(=O)(OO)C1=C(c2cccc3ccccc23)C(c2ccccc2)=C(O)N(Br)N1Br. The normalized spacial score (nSPS) is 15.3. The van der Waals surface area contributed by atoms with E-state index >= 15 is 0 Å². The highest BCUT2D eigenvalue weighted by molar-refractivity contribution is 9.09. The van der Waals surface area contributed by atoms with Crippen LogP contribution in [0.1, 0.15) is 11.1 Å². The molecular weight excluding hydrogens is 540 g/mol. The molecule has 3 aromatic carbocycles. The first-order valence-corrected chi connectivity index (χ1v) is 11.4. The van der Waals surface area contributed by atoms with Crippen LogP contribution in [0.25, 0.3) is 21.9 Å². The van der Waals surface area contributed by atoms with Crippen LogP contribution in [-0.2, 0) is 14.5 Å². The Morgan fingerprint density at radius 3 is 2.13 bits per heavy atom. The van der Waals surface area contributed by atoms with Crippen LogP contribution < -0.4 is 0 Å². The van der Waals surface area contributed by atoms with Gasteiger partial charge in [0.15, 0.2) is 0 Å². The maximum Gasteiger partial charge on any atom is 0.341 e. The fourth-order valence-corrected chi connectivity index (χ4v) is 5.49. The van der Waals surface area contributed by atoms with Crippen molar-refractivity contribution >= 4 is 64.3 Å². The summed E-state index contributed by atoms with van der Waals surface area (Å²) in [7, 11) is -4.64. The number of aliphatic hydroxyl groups is 1. The molecule has 0 aromatic heterocycles. The summed E-state index contributed by atoms with van der Waals surface area (Å²) >= 11 is 6.27. The van der Waals surface area contributed by atoms with Gasteiger partial charge in [-0.3, -0.25) is 0 Å². The van der Waals surface area contributed by atoms with E-state index in [0.717, 1.165) is 18.8 Å². The van der Waals surface area contributed by atoms with Crippen LogP contribution in [0.15, 0.2) is 83.7 Å². The summed E-state index contributed by atoms with van der Waals surface area (Å²) in [5.41, 5.74) is 1.47. The minimum Gasteiger partial charge on any atom is -0.492 e. The van der Waals surface area contributed by atoms with Gasteiger partial charge in [-0.1, -0.05) is 72.8 Å². The molecule has 0 spiro atoms. The number of rotatable bonds is 4. The highest BCUT2D eigenvalue weighted by Crippen LogP contribution is 2.47. The first-order chi connectivity index (χ1) is 14.4. The first kappa shape index (κ1) is 20.9. The van der Waals surface area contributed by atoms with Crippen molar-refractivity contribution in [3.05, 3.63) is 94.8 Å². The molecule has 0 bridgehead atoms. The van der Waals surface area contributed by atoms with Crippen LogP contribution in [0.5, 0.6) is 0 Å². The molecule has 7 nitrogen and oxygen atoms in total. The molecule has 1 heterocycles. The van der Waals surface area contributed by atoms with E-state index in [4.69, 9.17) is 5.26 Å². The maximum atomic E-state index is 12.8. The summed E-state index contributed by atoms with van der Waals surface area (Å²) in [6.07, 6.45) is 0. The van der Waals surface area contributed by atoms with Gasteiger partial charge in [0.1, 0.15) is 0 Å². The van der Waals surface area contributed by atoms with Crippen molar-refractivity contribution in [2.24, 2.45) is 0 Å². The van der Waals surface area contributed by atoms with Gasteiger partial charge < -0.3 is 5.11 Å². The Labute approximate surface area is 189 Å². The van der Waals surface area contributed by atoms with Crippen molar-refractivity contribution in [1.82, 2.24) is 8.07 Å². The van der Waals surface area contributed by atoms with Crippen LogP contribution in [0, 0.1) is 0 Å². The molecule has 30 heavy (non-hydrogen) atoms. The number of aliphatic hydroxyl groups excluding tert-OH is 1. The van der Waals surface area contributed by atoms with Crippen molar-refractivity contribution in [2.75, 3.05) is 0 Å². The number of benzene rings is 3. The van der Waals surface area contributed by atoms with Crippen molar-refractivity contribution in [1.29, 1.82) is 0 Å². The monoisotopic (exact) mass is 552 g/mol.